The minimum absolute atomic E-state index is 0.00474. The second-order valence-corrected chi connectivity index (χ2v) is 14.2. The fourth-order valence-electron chi connectivity index (χ4n) is 5.97. The van der Waals surface area contributed by atoms with E-state index in [1.807, 2.05) is 0 Å². The van der Waals surface area contributed by atoms with Crippen molar-refractivity contribution in [1.29, 1.82) is 0 Å². The Labute approximate surface area is 270 Å². The van der Waals surface area contributed by atoms with E-state index in [0.717, 1.165) is 23.5 Å². The molecule has 0 unspecified atom stereocenters. The number of halogens is 4. The Bertz CT molecular complexity index is 1780. The maximum absolute atomic E-state index is 14.3. The van der Waals surface area contributed by atoms with Crippen LogP contribution in [0.15, 0.2) is 48.5 Å². The number of hydrogen-bond donors (Lipinski definition) is 3. The number of alkyl halides is 4. The number of fused-ring (bicyclic) bond motifs is 2. The van der Waals surface area contributed by atoms with Gasteiger partial charge in [-0.1, -0.05) is 18.2 Å². The zero-order chi connectivity index (χ0) is 34.4. The highest BCUT2D eigenvalue weighted by Crippen LogP contribution is 2.59. The topological polar surface area (TPSA) is 148 Å². The molecule has 4 amide bonds. The molecule has 2 aliphatic heterocycles. The molecule has 3 aromatic rings. The lowest BCUT2D eigenvalue weighted by atomic mass is 10.1. The van der Waals surface area contributed by atoms with Crippen molar-refractivity contribution in [2.24, 2.45) is 0 Å². The quantitative estimate of drug-likeness (QED) is 0.244. The summed E-state index contributed by atoms with van der Waals surface area (Å²) in [5.74, 6) is -2.23. The molecule has 3 heterocycles. The first kappa shape index (κ1) is 34.5. The van der Waals surface area contributed by atoms with Gasteiger partial charge in [0, 0.05) is 54.6 Å². The van der Waals surface area contributed by atoms with Crippen LogP contribution in [0.5, 0.6) is 0 Å². The van der Waals surface area contributed by atoms with Crippen LogP contribution in [0.2, 0.25) is 0 Å². The van der Waals surface area contributed by atoms with Crippen molar-refractivity contribution in [2.45, 2.75) is 56.4 Å². The first-order valence-electron chi connectivity index (χ1n) is 14.5. The molecule has 2 aromatic carbocycles. The minimum atomic E-state index is -5.83. The fraction of sp³-hybridized carbons (Fsp3) is 0.400. The van der Waals surface area contributed by atoms with Crippen molar-refractivity contribution < 1.29 is 51.1 Å². The van der Waals surface area contributed by atoms with E-state index in [2.05, 4.69) is 5.32 Å². The zero-order valence-electron chi connectivity index (χ0n) is 25.1. The number of thiophene rings is 1. The standard InChI is InChI=1S/C30H31F4N4O7PS/c1-16(39)37-11-10-20-7-8-23(29(42)36(2)21-5-3-4-17(13-21)26(31)32)38(20)28(41)22(15-37)35-27(40)25-14-18-12-19(6-9-24(18)47-25)30(33,34)46(43,44)45/h3-6,9,12-14,20,22-23,26H,7-8,10-11,15H2,1-2H3,(H,35,40)(H2,43,44,45)/t20-,22+,23+/m1/s1. The highest BCUT2D eigenvalue weighted by atomic mass is 32.1. The van der Waals surface area contributed by atoms with E-state index in [4.69, 9.17) is 9.79 Å². The SMILES string of the molecule is CC(=O)N1CC[C@H]2CC[C@@H](C(=O)N(C)c3cccc(C(F)F)c3)N2C(=O)[C@@H](NC(=O)c2cc3cc(C(F)(F)P(=O)(O)O)ccc3s2)C1. The predicted molar refractivity (Wildman–Crippen MR) is 164 cm³/mol. The van der Waals surface area contributed by atoms with Crippen LogP contribution in [0.3, 0.4) is 0 Å². The number of carbonyl (C=O) groups excluding carboxylic acids is 4. The van der Waals surface area contributed by atoms with E-state index in [1.165, 1.54) is 65.1 Å². The van der Waals surface area contributed by atoms with Gasteiger partial charge in [0.15, 0.2) is 0 Å². The normalized spacial score (nSPS) is 20.6. The van der Waals surface area contributed by atoms with Gasteiger partial charge < -0.3 is 29.8 Å². The van der Waals surface area contributed by atoms with Gasteiger partial charge in [-0.3, -0.25) is 23.7 Å². The van der Waals surface area contributed by atoms with E-state index >= 15 is 0 Å². The molecule has 3 atom stereocenters. The summed E-state index contributed by atoms with van der Waals surface area (Å²) in [7, 11) is -4.40. The number of carbonyl (C=O) groups is 4. The Hall–Kier alpha value is -3.85. The number of nitrogens with one attached hydrogen (secondary N) is 1. The van der Waals surface area contributed by atoms with Crippen LogP contribution >= 0.6 is 18.9 Å². The summed E-state index contributed by atoms with van der Waals surface area (Å²) in [5.41, 5.74) is -5.44. The molecule has 3 N–H and O–H groups in total. The zero-order valence-corrected chi connectivity index (χ0v) is 26.8. The van der Waals surface area contributed by atoms with Crippen molar-refractivity contribution in [3.05, 3.63) is 64.5 Å². The maximum atomic E-state index is 14.3. The molecular formula is C30H31F4N4O7PS. The number of hydrogen-bond acceptors (Lipinski definition) is 6. The van der Waals surface area contributed by atoms with Crippen molar-refractivity contribution in [1.82, 2.24) is 15.1 Å². The monoisotopic (exact) mass is 698 g/mol. The van der Waals surface area contributed by atoms with E-state index in [9.17, 15) is 41.3 Å². The second kappa shape index (κ2) is 13.0. The third-order valence-corrected chi connectivity index (χ3v) is 10.6. The first-order chi connectivity index (χ1) is 22.0. The van der Waals surface area contributed by atoms with Crippen LogP contribution < -0.4 is 10.2 Å². The fourth-order valence-corrected chi connectivity index (χ4v) is 7.39. The van der Waals surface area contributed by atoms with Crippen molar-refractivity contribution >= 4 is 58.3 Å². The molecular weight excluding hydrogens is 667 g/mol. The predicted octanol–water partition coefficient (Wildman–Crippen LogP) is 4.44. The summed E-state index contributed by atoms with van der Waals surface area (Å²) in [6.45, 7) is 1.35. The van der Waals surface area contributed by atoms with Gasteiger partial charge in [-0.05, 0) is 55.0 Å². The highest BCUT2D eigenvalue weighted by Gasteiger charge is 2.50. The lowest BCUT2D eigenvalue weighted by Crippen LogP contribution is -2.61. The maximum Gasteiger partial charge on any atom is 0.399 e. The van der Waals surface area contributed by atoms with Gasteiger partial charge in [0.1, 0.15) is 12.1 Å². The number of nitrogens with zero attached hydrogens (tertiary/aromatic N) is 3. The lowest BCUT2D eigenvalue weighted by Gasteiger charge is -2.39. The van der Waals surface area contributed by atoms with Gasteiger partial charge in [-0.25, -0.2) is 8.78 Å². The van der Waals surface area contributed by atoms with Gasteiger partial charge in [0.2, 0.25) is 17.7 Å². The second-order valence-electron chi connectivity index (χ2n) is 11.5. The van der Waals surface area contributed by atoms with E-state index in [-0.39, 0.29) is 46.9 Å². The molecule has 0 aliphatic carbocycles. The summed E-state index contributed by atoms with van der Waals surface area (Å²) < 4.78 is 66.9. The summed E-state index contributed by atoms with van der Waals surface area (Å²) in [6.07, 6.45) is -1.68. The number of anilines is 1. The Kier molecular flexibility index (Phi) is 9.52. The lowest BCUT2D eigenvalue weighted by molar-refractivity contribution is -0.144. The number of amides is 4. The van der Waals surface area contributed by atoms with Crippen LogP contribution in [-0.2, 0) is 24.6 Å². The smallest absolute Gasteiger partial charge is 0.340 e. The number of rotatable bonds is 7. The van der Waals surface area contributed by atoms with Crippen molar-refractivity contribution in [3.8, 4) is 0 Å². The third-order valence-electron chi connectivity index (χ3n) is 8.52. The van der Waals surface area contributed by atoms with Crippen molar-refractivity contribution in [2.75, 3.05) is 25.0 Å². The Morgan fingerprint density at radius 3 is 2.47 bits per heavy atom. The summed E-state index contributed by atoms with van der Waals surface area (Å²) in [6, 6.07) is 6.80. The van der Waals surface area contributed by atoms with Crippen molar-refractivity contribution in [3.63, 3.8) is 0 Å². The third kappa shape index (κ3) is 6.77. The average Bonchev–Trinajstić information content (AvgIpc) is 3.64. The summed E-state index contributed by atoms with van der Waals surface area (Å²) in [5, 5.41) is 2.74. The van der Waals surface area contributed by atoms with Crippen LogP contribution in [-0.4, -0.2) is 81.5 Å². The van der Waals surface area contributed by atoms with Crippen LogP contribution in [0.4, 0.5) is 23.2 Å². The molecule has 1 aromatic heterocycles. The van der Waals surface area contributed by atoms with Gasteiger partial charge >= 0.3 is 13.3 Å². The number of benzene rings is 2. The van der Waals surface area contributed by atoms with Gasteiger partial charge in [-0.15, -0.1) is 11.3 Å². The largest absolute Gasteiger partial charge is 0.399 e. The molecule has 2 aliphatic rings. The molecule has 11 nitrogen and oxygen atoms in total. The molecule has 252 valence electrons. The molecule has 0 saturated carbocycles. The minimum Gasteiger partial charge on any atom is -0.340 e. The molecule has 2 saturated heterocycles. The summed E-state index contributed by atoms with van der Waals surface area (Å²) in [4.78, 5) is 75.9. The van der Waals surface area contributed by atoms with Crippen LogP contribution in [0.1, 0.15) is 53.4 Å². The molecule has 2 fully saturated rings. The highest BCUT2D eigenvalue weighted by molar-refractivity contribution is 7.52. The van der Waals surface area contributed by atoms with Crippen LogP contribution in [0.25, 0.3) is 10.1 Å². The first-order valence-corrected chi connectivity index (χ1v) is 16.9. The van der Waals surface area contributed by atoms with E-state index in [1.54, 1.807) is 0 Å². The Morgan fingerprint density at radius 1 is 1.09 bits per heavy atom. The molecule has 0 radical (unpaired) electrons. The Balaban J connectivity index is 1.41. The molecule has 47 heavy (non-hydrogen) atoms. The molecule has 0 spiro atoms. The van der Waals surface area contributed by atoms with E-state index < -0.39 is 61.1 Å². The Morgan fingerprint density at radius 2 is 1.81 bits per heavy atom. The van der Waals surface area contributed by atoms with Crippen LogP contribution in [0, 0.1) is 0 Å². The van der Waals surface area contributed by atoms with Gasteiger partial charge in [0.25, 0.3) is 12.3 Å². The molecule has 5 rings (SSSR count). The molecule has 0 bridgehead atoms. The number of likely N-dealkylation sites (N-methyl/N-ethyl adjacent to an activating group) is 1. The summed E-state index contributed by atoms with van der Waals surface area (Å²) >= 11 is 0.897. The average molecular weight is 699 g/mol. The molecule has 17 heteroatoms. The van der Waals surface area contributed by atoms with E-state index in [0.29, 0.717) is 17.5 Å². The van der Waals surface area contributed by atoms with Gasteiger partial charge in [-0.2, -0.15) is 8.78 Å². The van der Waals surface area contributed by atoms with Gasteiger partial charge in [0.05, 0.1) is 4.88 Å².